The lowest BCUT2D eigenvalue weighted by molar-refractivity contribution is -0.122. The molecule has 1 aliphatic carbocycles. The second-order valence-electron chi connectivity index (χ2n) is 5.98. The van der Waals surface area contributed by atoms with E-state index in [1.54, 1.807) is 0 Å². The summed E-state index contributed by atoms with van der Waals surface area (Å²) >= 11 is 5.81. The van der Waals surface area contributed by atoms with Gasteiger partial charge < -0.3 is 9.73 Å². The highest BCUT2D eigenvalue weighted by Gasteiger charge is 2.29. The van der Waals surface area contributed by atoms with Gasteiger partial charge in [0, 0.05) is 17.5 Å². The van der Waals surface area contributed by atoms with Gasteiger partial charge in [0.05, 0.1) is 5.41 Å². The summed E-state index contributed by atoms with van der Waals surface area (Å²) in [6.07, 6.45) is 2.31. The van der Waals surface area contributed by atoms with Crippen molar-refractivity contribution >= 4 is 34.3 Å². The highest BCUT2D eigenvalue weighted by atomic mass is 35.5. The van der Waals surface area contributed by atoms with E-state index in [-0.39, 0.29) is 11.8 Å². The lowest BCUT2D eigenvalue weighted by Gasteiger charge is -2.20. The van der Waals surface area contributed by atoms with Gasteiger partial charge in [0.15, 0.2) is 11.5 Å². The molecule has 0 saturated heterocycles. The van der Waals surface area contributed by atoms with E-state index in [2.05, 4.69) is 10.3 Å². The van der Waals surface area contributed by atoms with E-state index < -0.39 is 5.41 Å². The van der Waals surface area contributed by atoms with Crippen LogP contribution in [0.25, 0.3) is 11.1 Å². The largest absolute Gasteiger partial charge is 0.440 e. The molecule has 1 N–H and O–H groups in total. The van der Waals surface area contributed by atoms with Crippen molar-refractivity contribution in [2.24, 2.45) is 5.41 Å². The van der Waals surface area contributed by atoms with E-state index in [1.807, 2.05) is 32.0 Å². The van der Waals surface area contributed by atoms with Crippen LogP contribution in [0.2, 0.25) is 0 Å². The molecule has 5 heteroatoms. The van der Waals surface area contributed by atoms with Crippen LogP contribution in [-0.4, -0.2) is 16.8 Å². The molecule has 106 valence electrons. The monoisotopic (exact) mass is 292 g/mol. The van der Waals surface area contributed by atoms with Crippen LogP contribution in [0.3, 0.4) is 0 Å². The Hall–Kier alpha value is -1.55. The zero-order chi connectivity index (χ0) is 14.3. The highest BCUT2D eigenvalue weighted by Crippen LogP contribution is 2.40. The Bertz CT molecular complexity index is 659. The van der Waals surface area contributed by atoms with Gasteiger partial charge in [-0.15, -0.1) is 11.6 Å². The standard InChI is InChI=1S/C15H17ClN2O2/c1-15(2,8-16)14(19)17-10-5-6-12-11(7-10)18-13(20-12)9-3-4-9/h5-7,9H,3-4,8H2,1-2H3,(H,17,19). The molecule has 0 aliphatic heterocycles. The molecule has 1 saturated carbocycles. The fourth-order valence-electron chi connectivity index (χ4n) is 1.89. The van der Waals surface area contributed by atoms with E-state index >= 15 is 0 Å². The third-order valence-electron chi connectivity index (χ3n) is 3.54. The Morgan fingerprint density at radius 2 is 2.25 bits per heavy atom. The van der Waals surface area contributed by atoms with E-state index in [0.29, 0.717) is 5.92 Å². The van der Waals surface area contributed by atoms with Gasteiger partial charge in [0.2, 0.25) is 5.91 Å². The normalized spacial score (nSPS) is 15.6. The molecule has 3 rings (SSSR count). The number of carbonyl (C=O) groups excluding carboxylic acids is 1. The van der Waals surface area contributed by atoms with Gasteiger partial charge in [-0.3, -0.25) is 4.79 Å². The van der Waals surface area contributed by atoms with Gasteiger partial charge >= 0.3 is 0 Å². The smallest absolute Gasteiger partial charge is 0.231 e. The number of carbonyl (C=O) groups is 1. The number of benzene rings is 1. The first-order chi connectivity index (χ1) is 9.49. The number of rotatable bonds is 4. The number of nitrogens with one attached hydrogen (secondary N) is 1. The minimum atomic E-state index is -0.598. The van der Waals surface area contributed by atoms with Gasteiger partial charge in [0.1, 0.15) is 5.52 Å². The number of nitrogens with zero attached hydrogens (tertiary/aromatic N) is 1. The van der Waals surface area contributed by atoms with Crippen LogP contribution in [0.15, 0.2) is 22.6 Å². The average molecular weight is 293 g/mol. The van der Waals surface area contributed by atoms with E-state index in [0.717, 1.165) is 35.5 Å². The Morgan fingerprint density at radius 3 is 2.90 bits per heavy atom. The summed E-state index contributed by atoms with van der Waals surface area (Å²) in [7, 11) is 0. The SMILES string of the molecule is CC(C)(CCl)C(=O)Nc1ccc2oc(C3CC3)nc2c1. The summed E-state index contributed by atoms with van der Waals surface area (Å²) in [6.45, 7) is 3.63. The number of anilines is 1. The molecule has 0 radical (unpaired) electrons. The number of alkyl halides is 1. The third-order valence-corrected chi connectivity index (χ3v) is 4.21. The number of fused-ring (bicyclic) bond motifs is 1. The summed E-state index contributed by atoms with van der Waals surface area (Å²) in [4.78, 5) is 16.6. The number of amides is 1. The van der Waals surface area contributed by atoms with Gasteiger partial charge in [-0.25, -0.2) is 4.98 Å². The van der Waals surface area contributed by atoms with Crippen molar-refractivity contribution in [3.63, 3.8) is 0 Å². The molecule has 4 nitrogen and oxygen atoms in total. The average Bonchev–Trinajstić information content (AvgIpc) is 3.18. The zero-order valence-corrected chi connectivity index (χ0v) is 12.3. The first-order valence-corrected chi connectivity index (χ1v) is 7.31. The van der Waals surface area contributed by atoms with Gasteiger partial charge in [-0.1, -0.05) is 0 Å². The number of aromatic nitrogens is 1. The maximum absolute atomic E-state index is 12.1. The minimum absolute atomic E-state index is 0.0993. The predicted molar refractivity (Wildman–Crippen MR) is 79.1 cm³/mol. The molecule has 2 aromatic rings. The van der Waals surface area contributed by atoms with Crippen LogP contribution < -0.4 is 5.32 Å². The Labute approximate surface area is 122 Å². The molecule has 0 unspecified atom stereocenters. The zero-order valence-electron chi connectivity index (χ0n) is 11.6. The maximum atomic E-state index is 12.1. The van der Waals surface area contributed by atoms with E-state index in [4.69, 9.17) is 16.0 Å². The van der Waals surface area contributed by atoms with Crippen molar-refractivity contribution in [3.05, 3.63) is 24.1 Å². The second kappa shape index (κ2) is 4.77. The number of hydrogen-bond donors (Lipinski definition) is 1. The van der Waals surface area contributed by atoms with Crippen molar-refractivity contribution in [1.29, 1.82) is 0 Å². The molecule has 1 aromatic carbocycles. The highest BCUT2D eigenvalue weighted by molar-refractivity contribution is 6.20. The molecule has 1 aromatic heterocycles. The van der Waals surface area contributed by atoms with Crippen molar-refractivity contribution in [2.75, 3.05) is 11.2 Å². The van der Waals surface area contributed by atoms with Crippen molar-refractivity contribution in [1.82, 2.24) is 4.98 Å². The van der Waals surface area contributed by atoms with Crippen molar-refractivity contribution < 1.29 is 9.21 Å². The van der Waals surface area contributed by atoms with Crippen molar-refractivity contribution in [3.8, 4) is 0 Å². The summed E-state index contributed by atoms with van der Waals surface area (Å²) in [6, 6.07) is 5.51. The van der Waals surface area contributed by atoms with Gasteiger partial charge in [-0.2, -0.15) is 0 Å². The molecule has 1 amide bonds. The first-order valence-electron chi connectivity index (χ1n) is 6.77. The van der Waals surface area contributed by atoms with Crippen LogP contribution in [0.4, 0.5) is 5.69 Å². The van der Waals surface area contributed by atoms with Crippen LogP contribution in [0.1, 0.15) is 38.5 Å². The molecule has 0 atom stereocenters. The fourth-order valence-corrected chi connectivity index (χ4v) is 2.01. The molecular weight excluding hydrogens is 276 g/mol. The molecule has 1 heterocycles. The quantitative estimate of drug-likeness (QED) is 0.869. The third kappa shape index (κ3) is 2.52. The maximum Gasteiger partial charge on any atom is 0.231 e. The molecule has 1 fully saturated rings. The number of oxazole rings is 1. The topological polar surface area (TPSA) is 55.1 Å². The van der Waals surface area contributed by atoms with Gasteiger partial charge in [0.25, 0.3) is 0 Å². The predicted octanol–water partition coefficient (Wildman–Crippen LogP) is 3.91. The number of hydrogen-bond acceptors (Lipinski definition) is 3. The summed E-state index contributed by atoms with van der Waals surface area (Å²) < 4.78 is 5.70. The molecule has 1 aliphatic rings. The van der Waals surface area contributed by atoms with E-state index in [9.17, 15) is 4.79 Å². The molecule has 0 spiro atoms. The Kier molecular flexibility index (Phi) is 3.21. The molecule has 0 bridgehead atoms. The fraction of sp³-hybridized carbons (Fsp3) is 0.467. The van der Waals surface area contributed by atoms with Crippen LogP contribution in [-0.2, 0) is 4.79 Å². The lowest BCUT2D eigenvalue weighted by atomic mass is 9.95. The van der Waals surface area contributed by atoms with E-state index in [1.165, 1.54) is 0 Å². The summed E-state index contributed by atoms with van der Waals surface area (Å²) in [5.74, 6) is 1.47. The van der Waals surface area contributed by atoms with Gasteiger partial charge in [-0.05, 0) is 44.9 Å². The Morgan fingerprint density at radius 1 is 1.50 bits per heavy atom. The lowest BCUT2D eigenvalue weighted by Crippen LogP contribution is -2.32. The Balaban J connectivity index is 1.83. The molecular formula is C15H17ClN2O2. The summed E-state index contributed by atoms with van der Waals surface area (Å²) in [5, 5.41) is 2.87. The van der Waals surface area contributed by atoms with Crippen LogP contribution in [0, 0.1) is 5.41 Å². The number of halogens is 1. The molecule has 20 heavy (non-hydrogen) atoms. The summed E-state index contributed by atoms with van der Waals surface area (Å²) in [5.41, 5.74) is 1.67. The first kappa shape index (κ1) is 13.4. The van der Waals surface area contributed by atoms with Crippen LogP contribution in [0.5, 0.6) is 0 Å². The van der Waals surface area contributed by atoms with Crippen molar-refractivity contribution in [2.45, 2.75) is 32.6 Å². The minimum Gasteiger partial charge on any atom is -0.440 e. The van der Waals surface area contributed by atoms with Crippen LogP contribution >= 0.6 is 11.6 Å². The second-order valence-corrected chi connectivity index (χ2v) is 6.25.